The number of anilines is 2. The molecule has 0 radical (unpaired) electrons. The van der Waals surface area contributed by atoms with Gasteiger partial charge in [-0.25, -0.2) is 0 Å². The third-order valence-electron chi connectivity index (χ3n) is 3.05. The van der Waals surface area contributed by atoms with Crippen molar-refractivity contribution in [2.75, 3.05) is 5.32 Å². The molecule has 8 heteroatoms. The Morgan fingerprint density at radius 2 is 2.00 bits per heavy atom. The van der Waals surface area contributed by atoms with Crippen LogP contribution in [0.15, 0.2) is 48.8 Å². The van der Waals surface area contributed by atoms with E-state index in [4.69, 9.17) is 11.6 Å². The maximum Gasteiger partial charge on any atom is 0.275 e. The molecule has 116 valence electrons. The molecule has 23 heavy (non-hydrogen) atoms. The second-order valence-electron chi connectivity index (χ2n) is 4.69. The van der Waals surface area contributed by atoms with Gasteiger partial charge in [0, 0.05) is 29.6 Å². The Bertz CT molecular complexity index is 804. The molecule has 2 aromatic heterocycles. The van der Waals surface area contributed by atoms with E-state index in [-0.39, 0.29) is 11.6 Å². The van der Waals surface area contributed by atoms with E-state index in [1.165, 1.54) is 0 Å². The SMILES string of the molecule is O=C(NCc1ccncc1)c1n[nH]nc1Nc1cccc(Cl)c1. The highest BCUT2D eigenvalue weighted by atomic mass is 35.5. The van der Waals surface area contributed by atoms with Crippen LogP contribution in [-0.2, 0) is 6.54 Å². The Hall–Kier alpha value is -2.93. The normalized spacial score (nSPS) is 10.3. The van der Waals surface area contributed by atoms with E-state index < -0.39 is 0 Å². The Balaban J connectivity index is 1.69. The van der Waals surface area contributed by atoms with Gasteiger partial charge in [0.15, 0.2) is 11.5 Å². The summed E-state index contributed by atoms with van der Waals surface area (Å²) in [6, 6.07) is 10.8. The van der Waals surface area contributed by atoms with Gasteiger partial charge in [0.1, 0.15) is 0 Å². The minimum Gasteiger partial charge on any atom is -0.346 e. The van der Waals surface area contributed by atoms with E-state index in [1.807, 2.05) is 18.2 Å². The molecule has 0 bridgehead atoms. The van der Waals surface area contributed by atoms with Gasteiger partial charge in [0.25, 0.3) is 5.91 Å². The number of benzene rings is 1. The smallest absolute Gasteiger partial charge is 0.275 e. The lowest BCUT2D eigenvalue weighted by Crippen LogP contribution is -2.24. The van der Waals surface area contributed by atoms with E-state index in [0.717, 1.165) is 11.3 Å². The Morgan fingerprint density at radius 1 is 1.17 bits per heavy atom. The van der Waals surface area contributed by atoms with Crippen LogP contribution >= 0.6 is 11.6 Å². The van der Waals surface area contributed by atoms with Crippen LogP contribution in [0.1, 0.15) is 16.1 Å². The van der Waals surface area contributed by atoms with Gasteiger partial charge in [0.05, 0.1) is 0 Å². The molecule has 0 aliphatic heterocycles. The fraction of sp³-hybridized carbons (Fsp3) is 0.0667. The number of H-pyrrole nitrogens is 1. The molecule has 1 amide bonds. The number of aromatic nitrogens is 4. The van der Waals surface area contributed by atoms with Gasteiger partial charge < -0.3 is 10.6 Å². The molecule has 3 rings (SSSR count). The molecule has 2 heterocycles. The van der Waals surface area contributed by atoms with Crippen LogP contribution in [0.25, 0.3) is 0 Å². The predicted octanol–water partition coefficient (Wildman–Crippen LogP) is 2.53. The van der Waals surface area contributed by atoms with Crippen molar-refractivity contribution in [3.63, 3.8) is 0 Å². The molecule has 0 saturated carbocycles. The van der Waals surface area contributed by atoms with E-state index >= 15 is 0 Å². The van der Waals surface area contributed by atoms with Crippen LogP contribution in [0.5, 0.6) is 0 Å². The zero-order valence-corrected chi connectivity index (χ0v) is 12.7. The highest BCUT2D eigenvalue weighted by Crippen LogP contribution is 2.20. The van der Waals surface area contributed by atoms with Crippen LogP contribution in [-0.4, -0.2) is 26.3 Å². The summed E-state index contributed by atoms with van der Waals surface area (Å²) in [4.78, 5) is 16.2. The molecular formula is C15H13ClN6O. The number of carbonyl (C=O) groups excluding carboxylic acids is 1. The summed E-state index contributed by atoms with van der Waals surface area (Å²) < 4.78 is 0. The first-order valence-electron chi connectivity index (χ1n) is 6.83. The molecule has 0 fully saturated rings. The molecule has 7 nitrogen and oxygen atoms in total. The highest BCUT2D eigenvalue weighted by Gasteiger charge is 2.16. The number of nitrogens with zero attached hydrogens (tertiary/aromatic N) is 3. The van der Waals surface area contributed by atoms with Gasteiger partial charge in [0.2, 0.25) is 0 Å². The van der Waals surface area contributed by atoms with Gasteiger partial charge >= 0.3 is 0 Å². The predicted molar refractivity (Wildman–Crippen MR) is 86.5 cm³/mol. The number of halogens is 1. The third kappa shape index (κ3) is 3.83. The summed E-state index contributed by atoms with van der Waals surface area (Å²) in [5, 5.41) is 16.7. The summed E-state index contributed by atoms with van der Waals surface area (Å²) in [5.41, 5.74) is 1.84. The standard InChI is InChI=1S/C15H13ClN6O/c16-11-2-1-3-12(8-11)19-14-13(20-22-21-14)15(23)18-9-10-4-6-17-7-5-10/h1-8H,9H2,(H,18,23)(H2,19,20,21,22). The van der Waals surface area contributed by atoms with Crippen molar-refractivity contribution < 1.29 is 4.79 Å². The van der Waals surface area contributed by atoms with Crippen molar-refractivity contribution in [3.8, 4) is 0 Å². The van der Waals surface area contributed by atoms with Gasteiger partial charge in [-0.3, -0.25) is 9.78 Å². The second-order valence-corrected chi connectivity index (χ2v) is 5.13. The monoisotopic (exact) mass is 328 g/mol. The van der Waals surface area contributed by atoms with Crippen molar-refractivity contribution >= 4 is 29.0 Å². The Kier molecular flexibility index (Phi) is 4.49. The zero-order chi connectivity index (χ0) is 16.1. The summed E-state index contributed by atoms with van der Waals surface area (Å²) >= 11 is 5.94. The van der Waals surface area contributed by atoms with Crippen LogP contribution in [0, 0.1) is 0 Å². The summed E-state index contributed by atoms with van der Waals surface area (Å²) in [7, 11) is 0. The average molecular weight is 329 g/mol. The molecule has 0 aliphatic rings. The Morgan fingerprint density at radius 3 is 2.78 bits per heavy atom. The number of hydrogen-bond donors (Lipinski definition) is 3. The molecule has 0 atom stereocenters. The number of carbonyl (C=O) groups is 1. The lowest BCUT2D eigenvalue weighted by atomic mass is 10.2. The fourth-order valence-electron chi connectivity index (χ4n) is 1.95. The van der Waals surface area contributed by atoms with Crippen molar-refractivity contribution in [2.45, 2.75) is 6.54 Å². The number of aromatic amines is 1. The third-order valence-corrected chi connectivity index (χ3v) is 3.29. The molecule has 3 aromatic rings. The first-order chi connectivity index (χ1) is 11.2. The van der Waals surface area contributed by atoms with E-state index in [9.17, 15) is 4.79 Å². The van der Waals surface area contributed by atoms with Gasteiger partial charge in [-0.2, -0.15) is 5.21 Å². The maximum absolute atomic E-state index is 12.2. The average Bonchev–Trinajstić information content (AvgIpc) is 3.02. The van der Waals surface area contributed by atoms with Crippen molar-refractivity contribution in [1.29, 1.82) is 0 Å². The first kappa shape index (κ1) is 15.0. The fourth-order valence-corrected chi connectivity index (χ4v) is 2.14. The van der Waals surface area contributed by atoms with Crippen molar-refractivity contribution in [2.24, 2.45) is 0 Å². The van der Waals surface area contributed by atoms with Gasteiger partial charge in [-0.15, -0.1) is 10.2 Å². The Labute approximate surface area is 137 Å². The van der Waals surface area contributed by atoms with Crippen LogP contribution in [0.3, 0.4) is 0 Å². The van der Waals surface area contributed by atoms with E-state index in [1.54, 1.807) is 30.6 Å². The minimum atomic E-state index is -0.333. The number of rotatable bonds is 5. The molecule has 3 N–H and O–H groups in total. The van der Waals surface area contributed by atoms with E-state index in [2.05, 4.69) is 31.0 Å². The second kappa shape index (κ2) is 6.89. The van der Waals surface area contributed by atoms with Gasteiger partial charge in [-0.05, 0) is 35.9 Å². The molecule has 0 spiro atoms. The van der Waals surface area contributed by atoms with Gasteiger partial charge in [-0.1, -0.05) is 17.7 Å². The summed E-state index contributed by atoms with van der Waals surface area (Å²) in [6.45, 7) is 0.380. The first-order valence-corrected chi connectivity index (χ1v) is 7.20. The molecular weight excluding hydrogens is 316 g/mol. The summed E-state index contributed by atoms with van der Waals surface area (Å²) in [6.07, 6.45) is 3.34. The zero-order valence-electron chi connectivity index (χ0n) is 12.0. The number of amides is 1. The highest BCUT2D eigenvalue weighted by molar-refractivity contribution is 6.30. The van der Waals surface area contributed by atoms with Crippen LogP contribution in [0.4, 0.5) is 11.5 Å². The lowest BCUT2D eigenvalue weighted by molar-refractivity contribution is 0.0946. The summed E-state index contributed by atoms with van der Waals surface area (Å²) in [5.74, 6) is -0.000384. The van der Waals surface area contributed by atoms with Crippen LogP contribution in [0.2, 0.25) is 5.02 Å². The molecule has 0 aliphatic carbocycles. The minimum absolute atomic E-state index is 0.180. The quantitative estimate of drug-likeness (QED) is 0.669. The number of nitrogens with one attached hydrogen (secondary N) is 3. The number of pyridine rings is 1. The molecule has 1 aromatic carbocycles. The largest absolute Gasteiger partial charge is 0.346 e. The topological polar surface area (TPSA) is 95.6 Å². The molecule has 0 saturated heterocycles. The van der Waals surface area contributed by atoms with Crippen molar-refractivity contribution in [3.05, 3.63) is 65.1 Å². The maximum atomic E-state index is 12.2. The number of hydrogen-bond acceptors (Lipinski definition) is 5. The lowest BCUT2D eigenvalue weighted by Gasteiger charge is -2.06. The van der Waals surface area contributed by atoms with Crippen molar-refractivity contribution in [1.82, 2.24) is 25.7 Å². The van der Waals surface area contributed by atoms with E-state index in [0.29, 0.717) is 17.4 Å². The molecule has 0 unspecified atom stereocenters. The van der Waals surface area contributed by atoms with Crippen LogP contribution < -0.4 is 10.6 Å².